The number of rotatable bonds is 36. The van der Waals surface area contributed by atoms with E-state index in [0.717, 1.165) is 25.0 Å². The third kappa shape index (κ3) is 27.8. The SMILES string of the molecule is CCCCCCCCCC/C=C/CCCCCCCC/C=C1\OC(=O)C1CCCCCCCC/C=C/CCCCCCCCCC. The molecular formula is C44H80O2. The van der Waals surface area contributed by atoms with E-state index in [2.05, 4.69) is 44.2 Å². The topological polar surface area (TPSA) is 26.3 Å². The number of carbonyl (C=O) groups is 1. The molecule has 0 radical (unpaired) electrons. The molecule has 0 saturated carbocycles. The molecule has 2 nitrogen and oxygen atoms in total. The normalized spacial score (nSPS) is 15.8. The molecule has 2 heteroatoms. The Balaban J connectivity index is 1.84. The predicted molar refractivity (Wildman–Crippen MR) is 204 cm³/mol. The first-order valence-electron chi connectivity index (χ1n) is 21.0. The van der Waals surface area contributed by atoms with Crippen molar-refractivity contribution in [3.63, 3.8) is 0 Å². The van der Waals surface area contributed by atoms with Gasteiger partial charge in [-0.2, -0.15) is 0 Å². The number of cyclic esters (lactones) is 1. The van der Waals surface area contributed by atoms with Crippen molar-refractivity contribution in [3.8, 4) is 0 Å². The molecule has 0 spiro atoms. The van der Waals surface area contributed by atoms with Gasteiger partial charge >= 0.3 is 5.97 Å². The molecule has 0 aliphatic carbocycles. The second-order valence-electron chi connectivity index (χ2n) is 14.4. The maximum atomic E-state index is 12.0. The minimum atomic E-state index is 0.0110. The Morgan fingerprint density at radius 1 is 0.413 bits per heavy atom. The van der Waals surface area contributed by atoms with Crippen molar-refractivity contribution in [1.29, 1.82) is 0 Å². The van der Waals surface area contributed by atoms with Gasteiger partial charge in [0.05, 0.1) is 0 Å². The quantitative estimate of drug-likeness (QED) is 0.0387. The van der Waals surface area contributed by atoms with Gasteiger partial charge < -0.3 is 4.74 Å². The highest BCUT2D eigenvalue weighted by Gasteiger charge is 2.36. The Hall–Kier alpha value is -1.31. The standard InChI is InChI=1S/C44H80O2/c1-3-5-7-9-11-13-15-17-19-21-23-25-27-29-31-33-35-37-39-41-43-42(44(45)46-43)40-38-36-34-32-30-28-26-24-22-20-18-16-14-12-10-8-6-4-2/h21-24,41-42H,3-20,25-40H2,1-2H3/b23-21+,24-22+,43-41-. The Bertz CT molecular complexity index is 732. The lowest BCUT2D eigenvalue weighted by atomic mass is 9.93. The van der Waals surface area contributed by atoms with Crippen LogP contribution in [0.4, 0.5) is 0 Å². The lowest BCUT2D eigenvalue weighted by Gasteiger charge is -2.28. The lowest BCUT2D eigenvalue weighted by Crippen LogP contribution is -2.32. The van der Waals surface area contributed by atoms with E-state index in [4.69, 9.17) is 4.74 Å². The zero-order valence-corrected chi connectivity index (χ0v) is 31.3. The van der Waals surface area contributed by atoms with Crippen molar-refractivity contribution >= 4 is 5.97 Å². The summed E-state index contributed by atoms with van der Waals surface area (Å²) >= 11 is 0. The molecule has 1 heterocycles. The van der Waals surface area contributed by atoms with Crippen LogP contribution in [0.15, 0.2) is 36.1 Å². The smallest absolute Gasteiger partial charge is 0.321 e. The highest BCUT2D eigenvalue weighted by molar-refractivity contribution is 5.82. The number of allylic oxidation sites excluding steroid dienone is 5. The first-order valence-corrected chi connectivity index (χ1v) is 21.0. The van der Waals surface area contributed by atoms with Gasteiger partial charge in [0.2, 0.25) is 0 Å². The van der Waals surface area contributed by atoms with Crippen molar-refractivity contribution in [2.45, 2.75) is 232 Å². The summed E-state index contributed by atoms with van der Waals surface area (Å²) in [5.74, 6) is 1.05. The van der Waals surface area contributed by atoms with E-state index in [-0.39, 0.29) is 11.9 Å². The fourth-order valence-electron chi connectivity index (χ4n) is 6.70. The van der Waals surface area contributed by atoms with Gasteiger partial charge in [0.15, 0.2) is 0 Å². The number of hydrogen-bond donors (Lipinski definition) is 0. The van der Waals surface area contributed by atoms with Gasteiger partial charge in [0.25, 0.3) is 0 Å². The Morgan fingerprint density at radius 3 is 1.07 bits per heavy atom. The van der Waals surface area contributed by atoms with Gasteiger partial charge in [-0.25, -0.2) is 0 Å². The first-order chi connectivity index (χ1) is 22.8. The van der Waals surface area contributed by atoms with Crippen molar-refractivity contribution < 1.29 is 9.53 Å². The fourth-order valence-corrected chi connectivity index (χ4v) is 6.70. The van der Waals surface area contributed by atoms with Crippen LogP contribution in [0.25, 0.3) is 0 Å². The molecule has 1 aliphatic heterocycles. The minimum Gasteiger partial charge on any atom is -0.430 e. The molecule has 1 aliphatic rings. The van der Waals surface area contributed by atoms with Crippen LogP contribution >= 0.6 is 0 Å². The van der Waals surface area contributed by atoms with Gasteiger partial charge in [-0.15, -0.1) is 0 Å². The molecule has 0 N–H and O–H groups in total. The second kappa shape index (κ2) is 35.0. The molecule has 0 bridgehead atoms. The number of ether oxygens (including phenoxy) is 1. The molecule has 1 saturated heterocycles. The second-order valence-corrected chi connectivity index (χ2v) is 14.4. The largest absolute Gasteiger partial charge is 0.430 e. The van der Waals surface area contributed by atoms with Crippen LogP contribution in [0.5, 0.6) is 0 Å². The predicted octanol–water partition coefficient (Wildman–Crippen LogP) is 15.5. The summed E-state index contributed by atoms with van der Waals surface area (Å²) in [5.41, 5.74) is 0. The van der Waals surface area contributed by atoms with Gasteiger partial charge in [-0.05, 0) is 76.7 Å². The van der Waals surface area contributed by atoms with Crippen molar-refractivity contribution in [2.24, 2.45) is 5.92 Å². The molecule has 0 aromatic rings. The lowest BCUT2D eigenvalue weighted by molar-refractivity contribution is -0.157. The van der Waals surface area contributed by atoms with Gasteiger partial charge in [0, 0.05) is 0 Å². The molecule has 268 valence electrons. The monoisotopic (exact) mass is 641 g/mol. The number of esters is 1. The number of hydrogen-bond acceptors (Lipinski definition) is 2. The maximum absolute atomic E-state index is 12.0. The highest BCUT2D eigenvalue weighted by Crippen LogP contribution is 2.32. The van der Waals surface area contributed by atoms with Gasteiger partial charge in [0.1, 0.15) is 11.7 Å². The summed E-state index contributed by atoms with van der Waals surface area (Å²) in [6.07, 6.45) is 57.2. The third-order valence-electron chi connectivity index (χ3n) is 9.91. The first kappa shape index (κ1) is 42.7. The van der Waals surface area contributed by atoms with Gasteiger partial charge in [-0.3, -0.25) is 4.79 Å². The van der Waals surface area contributed by atoms with Gasteiger partial charge in [-0.1, -0.05) is 186 Å². The third-order valence-corrected chi connectivity index (χ3v) is 9.91. The van der Waals surface area contributed by atoms with Crippen LogP contribution in [0, 0.1) is 5.92 Å². The molecule has 1 fully saturated rings. The molecule has 1 rings (SSSR count). The van der Waals surface area contributed by atoms with Crippen LogP contribution in [-0.4, -0.2) is 5.97 Å². The van der Waals surface area contributed by atoms with Crippen LogP contribution in [0.1, 0.15) is 232 Å². The average molecular weight is 641 g/mol. The van der Waals surface area contributed by atoms with Crippen LogP contribution < -0.4 is 0 Å². The van der Waals surface area contributed by atoms with E-state index >= 15 is 0 Å². The Labute approximate surface area is 289 Å². The Kier molecular flexibility index (Phi) is 32.5. The summed E-state index contributed by atoms with van der Waals surface area (Å²) < 4.78 is 5.39. The highest BCUT2D eigenvalue weighted by atomic mass is 16.6. The van der Waals surface area contributed by atoms with E-state index in [9.17, 15) is 4.79 Å². The number of unbranched alkanes of at least 4 members (excludes halogenated alkanes) is 29. The van der Waals surface area contributed by atoms with E-state index < -0.39 is 0 Å². The molecule has 1 atom stereocenters. The molecule has 0 aromatic carbocycles. The minimum absolute atomic E-state index is 0.0110. The molecule has 1 unspecified atom stereocenters. The molecular weight excluding hydrogens is 560 g/mol. The van der Waals surface area contributed by atoms with E-state index in [1.54, 1.807) is 0 Å². The molecule has 0 amide bonds. The van der Waals surface area contributed by atoms with E-state index in [0.29, 0.717) is 0 Å². The van der Waals surface area contributed by atoms with E-state index in [1.165, 1.54) is 199 Å². The summed E-state index contributed by atoms with van der Waals surface area (Å²) in [5, 5.41) is 0. The number of carbonyl (C=O) groups excluding carboxylic acids is 1. The fraction of sp³-hybridized carbons (Fsp3) is 0.841. The summed E-state index contributed by atoms with van der Waals surface area (Å²) in [6, 6.07) is 0. The summed E-state index contributed by atoms with van der Waals surface area (Å²) in [6.45, 7) is 4.58. The Morgan fingerprint density at radius 2 is 0.717 bits per heavy atom. The summed E-state index contributed by atoms with van der Waals surface area (Å²) in [4.78, 5) is 12.0. The molecule has 0 aromatic heterocycles. The average Bonchev–Trinajstić information content (AvgIpc) is 3.06. The summed E-state index contributed by atoms with van der Waals surface area (Å²) in [7, 11) is 0. The van der Waals surface area contributed by atoms with Crippen molar-refractivity contribution in [2.75, 3.05) is 0 Å². The molecule has 46 heavy (non-hydrogen) atoms. The maximum Gasteiger partial charge on any atom is 0.321 e. The van der Waals surface area contributed by atoms with E-state index in [1.807, 2.05) is 0 Å². The van der Waals surface area contributed by atoms with Crippen LogP contribution in [0.2, 0.25) is 0 Å². The zero-order chi connectivity index (χ0) is 33.0. The van der Waals surface area contributed by atoms with Crippen LogP contribution in [-0.2, 0) is 9.53 Å². The van der Waals surface area contributed by atoms with Crippen molar-refractivity contribution in [1.82, 2.24) is 0 Å². The van der Waals surface area contributed by atoms with Crippen LogP contribution in [0.3, 0.4) is 0 Å². The van der Waals surface area contributed by atoms with Crippen molar-refractivity contribution in [3.05, 3.63) is 36.1 Å². The zero-order valence-electron chi connectivity index (χ0n) is 31.3.